The van der Waals surface area contributed by atoms with Crippen molar-refractivity contribution >= 4 is 5.91 Å². The highest BCUT2D eigenvalue weighted by Crippen LogP contribution is 2.21. The molecule has 0 radical (unpaired) electrons. The zero-order valence-electron chi connectivity index (χ0n) is 14.3. The minimum absolute atomic E-state index is 0.0759. The maximum Gasteiger partial charge on any atom is 0.261 e. The van der Waals surface area contributed by atoms with Crippen LogP contribution < -0.4 is 10.1 Å². The Morgan fingerprint density at radius 1 is 1.04 bits per heavy atom. The molecule has 2 aromatic carbocycles. The van der Waals surface area contributed by atoms with Gasteiger partial charge in [0.25, 0.3) is 5.91 Å². The molecular weight excluding hydrogens is 286 g/mol. The van der Waals surface area contributed by atoms with E-state index in [0.29, 0.717) is 13.0 Å². The van der Waals surface area contributed by atoms with Gasteiger partial charge in [0.15, 0.2) is 6.10 Å². The molecule has 1 amide bonds. The quantitative estimate of drug-likeness (QED) is 0.872. The lowest BCUT2D eigenvalue weighted by molar-refractivity contribution is -0.128. The average Bonchev–Trinajstić information content (AvgIpc) is 2.53. The summed E-state index contributed by atoms with van der Waals surface area (Å²) in [5, 5.41) is 2.96. The van der Waals surface area contributed by atoms with E-state index in [9.17, 15) is 4.79 Å². The molecule has 0 aromatic heterocycles. The van der Waals surface area contributed by atoms with E-state index < -0.39 is 6.10 Å². The summed E-state index contributed by atoms with van der Waals surface area (Å²) in [5.41, 5.74) is 4.54. The number of hydrogen-bond donors (Lipinski definition) is 1. The highest BCUT2D eigenvalue weighted by Gasteiger charge is 2.18. The van der Waals surface area contributed by atoms with Crippen molar-refractivity contribution in [1.29, 1.82) is 0 Å². The summed E-state index contributed by atoms with van der Waals surface area (Å²) in [6, 6.07) is 14.1. The maximum absolute atomic E-state index is 12.4. The number of nitrogens with one attached hydrogen (secondary N) is 1. The van der Waals surface area contributed by atoms with Crippen molar-refractivity contribution in [3.63, 3.8) is 0 Å². The largest absolute Gasteiger partial charge is 0.480 e. The molecule has 3 heteroatoms. The number of benzene rings is 2. The average molecular weight is 311 g/mol. The standard InChI is InChI=1S/C20H25NO2/c1-5-18(23-19-11-8-15(3)12-16(19)4)20(22)21-13-17-9-6-14(2)7-10-17/h6-12,18H,5,13H2,1-4H3,(H,21,22). The SMILES string of the molecule is CCC(Oc1ccc(C)cc1C)C(=O)NCc1ccc(C)cc1. The second-order valence-corrected chi connectivity index (χ2v) is 5.99. The van der Waals surface area contributed by atoms with Crippen LogP contribution in [0.5, 0.6) is 5.75 Å². The molecule has 1 atom stereocenters. The van der Waals surface area contributed by atoms with Crippen molar-refractivity contribution < 1.29 is 9.53 Å². The number of aryl methyl sites for hydroxylation is 3. The Hall–Kier alpha value is -2.29. The van der Waals surface area contributed by atoms with Crippen LogP contribution in [0.25, 0.3) is 0 Å². The summed E-state index contributed by atoms with van der Waals surface area (Å²) < 4.78 is 5.91. The Labute approximate surface area is 138 Å². The van der Waals surface area contributed by atoms with E-state index in [1.807, 2.05) is 64.1 Å². The van der Waals surface area contributed by atoms with Gasteiger partial charge >= 0.3 is 0 Å². The van der Waals surface area contributed by atoms with Gasteiger partial charge in [-0.25, -0.2) is 0 Å². The van der Waals surface area contributed by atoms with Gasteiger partial charge in [-0.3, -0.25) is 4.79 Å². The third kappa shape index (κ3) is 4.85. The summed E-state index contributed by atoms with van der Waals surface area (Å²) >= 11 is 0. The predicted octanol–water partition coefficient (Wildman–Crippen LogP) is 4.09. The lowest BCUT2D eigenvalue weighted by atomic mass is 10.1. The molecule has 0 fully saturated rings. The van der Waals surface area contributed by atoms with Gasteiger partial charge in [-0.05, 0) is 44.4 Å². The molecule has 0 spiro atoms. The topological polar surface area (TPSA) is 38.3 Å². The number of ether oxygens (including phenoxy) is 1. The van der Waals surface area contributed by atoms with Crippen molar-refractivity contribution in [1.82, 2.24) is 5.32 Å². The fourth-order valence-electron chi connectivity index (χ4n) is 2.42. The first-order valence-corrected chi connectivity index (χ1v) is 8.06. The molecule has 122 valence electrons. The van der Waals surface area contributed by atoms with Gasteiger partial charge < -0.3 is 10.1 Å². The molecule has 0 bridgehead atoms. The van der Waals surface area contributed by atoms with Gasteiger partial charge in [-0.1, -0.05) is 54.4 Å². The van der Waals surface area contributed by atoms with Crippen LogP contribution in [-0.4, -0.2) is 12.0 Å². The molecule has 2 rings (SSSR count). The van der Waals surface area contributed by atoms with Gasteiger partial charge in [0.2, 0.25) is 0 Å². The molecule has 0 aliphatic rings. The van der Waals surface area contributed by atoms with Crippen molar-refractivity contribution in [2.75, 3.05) is 0 Å². The molecule has 0 saturated heterocycles. The summed E-state index contributed by atoms with van der Waals surface area (Å²) in [6.07, 6.45) is 0.161. The first-order valence-electron chi connectivity index (χ1n) is 8.06. The van der Waals surface area contributed by atoms with Gasteiger partial charge in [-0.2, -0.15) is 0 Å². The van der Waals surface area contributed by atoms with E-state index >= 15 is 0 Å². The van der Waals surface area contributed by atoms with E-state index in [0.717, 1.165) is 16.9 Å². The number of carbonyl (C=O) groups excluding carboxylic acids is 1. The van der Waals surface area contributed by atoms with Crippen molar-refractivity contribution in [2.45, 2.75) is 46.8 Å². The van der Waals surface area contributed by atoms with Crippen molar-refractivity contribution in [3.05, 3.63) is 64.7 Å². The highest BCUT2D eigenvalue weighted by atomic mass is 16.5. The molecule has 0 heterocycles. The fourth-order valence-corrected chi connectivity index (χ4v) is 2.42. The fraction of sp³-hybridized carbons (Fsp3) is 0.350. The van der Waals surface area contributed by atoms with Crippen LogP contribution in [0.2, 0.25) is 0 Å². The monoisotopic (exact) mass is 311 g/mol. The number of rotatable bonds is 6. The first kappa shape index (κ1) is 17.1. The van der Waals surface area contributed by atoms with Crippen LogP contribution in [0.1, 0.15) is 35.6 Å². The zero-order chi connectivity index (χ0) is 16.8. The Morgan fingerprint density at radius 2 is 1.70 bits per heavy atom. The maximum atomic E-state index is 12.4. The Morgan fingerprint density at radius 3 is 2.30 bits per heavy atom. The van der Waals surface area contributed by atoms with Gasteiger partial charge in [0.05, 0.1) is 0 Å². The minimum Gasteiger partial charge on any atom is -0.480 e. The zero-order valence-corrected chi connectivity index (χ0v) is 14.3. The van der Waals surface area contributed by atoms with Crippen LogP contribution in [-0.2, 0) is 11.3 Å². The van der Waals surface area contributed by atoms with Gasteiger partial charge in [-0.15, -0.1) is 0 Å². The Kier molecular flexibility index (Phi) is 5.80. The third-order valence-corrected chi connectivity index (χ3v) is 3.85. The first-order chi connectivity index (χ1) is 11.0. The van der Waals surface area contributed by atoms with E-state index in [4.69, 9.17) is 4.74 Å². The lowest BCUT2D eigenvalue weighted by Gasteiger charge is -2.19. The van der Waals surface area contributed by atoms with Crippen LogP contribution >= 0.6 is 0 Å². The van der Waals surface area contributed by atoms with Crippen LogP contribution in [0.3, 0.4) is 0 Å². The van der Waals surface area contributed by atoms with Gasteiger partial charge in [0.1, 0.15) is 5.75 Å². The van der Waals surface area contributed by atoms with E-state index in [1.165, 1.54) is 11.1 Å². The molecule has 0 aliphatic heterocycles. The predicted molar refractivity (Wildman–Crippen MR) is 93.6 cm³/mol. The highest BCUT2D eigenvalue weighted by molar-refractivity contribution is 5.81. The molecule has 1 N–H and O–H groups in total. The lowest BCUT2D eigenvalue weighted by Crippen LogP contribution is -2.37. The molecule has 3 nitrogen and oxygen atoms in total. The van der Waals surface area contributed by atoms with Crippen LogP contribution in [0.15, 0.2) is 42.5 Å². The van der Waals surface area contributed by atoms with E-state index in [-0.39, 0.29) is 5.91 Å². The van der Waals surface area contributed by atoms with Crippen molar-refractivity contribution in [3.8, 4) is 5.75 Å². The normalized spacial score (nSPS) is 11.8. The molecular formula is C20H25NO2. The van der Waals surface area contributed by atoms with E-state index in [2.05, 4.69) is 11.4 Å². The molecule has 23 heavy (non-hydrogen) atoms. The second kappa shape index (κ2) is 7.82. The molecule has 2 aromatic rings. The van der Waals surface area contributed by atoms with Gasteiger partial charge in [0, 0.05) is 6.54 Å². The van der Waals surface area contributed by atoms with E-state index in [1.54, 1.807) is 0 Å². The number of carbonyl (C=O) groups is 1. The molecule has 0 saturated carbocycles. The number of amides is 1. The summed E-state index contributed by atoms with van der Waals surface area (Å²) in [6.45, 7) is 8.57. The summed E-state index contributed by atoms with van der Waals surface area (Å²) in [5.74, 6) is 0.695. The van der Waals surface area contributed by atoms with Crippen molar-refractivity contribution in [2.24, 2.45) is 0 Å². The van der Waals surface area contributed by atoms with Crippen LogP contribution in [0.4, 0.5) is 0 Å². The smallest absolute Gasteiger partial charge is 0.261 e. The number of hydrogen-bond acceptors (Lipinski definition) is 2. The summed E-state index contributed by atoms with van der Waals surface area (Å²) in [4.78, 5) is 12.4. The Balaban J connectivity index is 1.96. The third-order valence-electron chi connectivity index (χ3n) is 3.85. The Bertz CT molecular complexity index is 662. The summed E-state index contributed by atoms with van der Waals surface area (Å²) in [7, 11) is 0. The molecule has 1 unspecified atom stereocenters. The molecule has 0 aliphatic carbocycles. The minimum atomic E-state index is -0.471. The second-order valence-electron chi connectivity index (χ2n) is 5.99. The van der Waals surface area contributed by atoms with Crippen LogP contribution in [0, 0.1) is 20.8 Å².